The van der Waals surface area contributed by atoms with Crippen LogP contribution in [0.15, 0.2) is 34.7 Å². The van der Waals surface area contributed by atoms with Crippen molar-refractivity contribution in [1.29, 1.82) is 0 Å². The molecule has 0 atom stereocenters. The highest BCUT2D eigenvalue weighted by Gasteiger charge is 2.27. The van der Waals surface area contributed by atoms with Gasteiger partial charge in [0.05, 0.1) is 13.5 Å². The molecule has 1 aromatic heterocycles. The molecule has 0 bridgehead atoms. The number of carbonyl (C=O) groups is 2. The Morgan fingerprint density at radius 1 is 1.08 bits per heavy atom. The van der Waals surface area contributed by atoms with E-state index in [2.05, 4.69) is 0 Å². The Morgan fingerprint density at radius 2 is 1.77 bits per heavy atom. The predicted octanol–water partition coefficient (Wildman–Crippen LogP) is 2.43. The molecule has 6 heteroatoms. The molecule has 2 aromatic rings. The van der Waals surface area contributed by atoms with Crippen molar-refractivity contribution in [1.82, 2.24) is 9.80 Å². The maximum absolute atomic E-state index is 12.6. The molecule has 1 aliphatic rings. The first kappa shape index (κ1) is 18.0. The second-order valence-corrected chi connectivity index (χ2v) is 6.57. The normalized spacial score (nSPS) is 14.4. The van der Waals surface area contributed by atoms with Gasteiger partial charge in [-0.1, -0.05) is 12.1 Å². The van der Waals surface area contributed by atoms with Crippen LogP contribution < -0.4 is 4.74 Å². The van der Waals surface area contributed by atoms with E-state index in [1.54, 1.807) is 12.0 Å². The molecule has 0 N–H and O–H groups in total. The number of rotatable bonds is 4. The van der Waals surface area contributed by atoms with Crippen LogP contribution in [0.25, 0.3) is 0 Å². The molecule has 2 heterocycles. The third-order valence-electron chi connectivity index (χ3n) is 4.64. The molecule has 1 aliphatic heterocycles. The number of nitrogens with zero attached hydrogens (tertiary/aromatic N) is 2. The zero-order chi connectivity index (χ0) is 18.7. The maximum atomic E-state index is 12.6. The first-order valence-corrected chi connectivity index (χ1v) is 8.75. The first-order valence-electron chi connectivity index (χ1n) is 8.75. The summed E-state index contributed by atoms with van der Waals surface area (Å²) >= 11 is 0. The summed E-state index contributed by atoms with van der Waals surface area (Å²) in [5.74, 6) is 1.84. The van der Waals surface area contributed by atoms with Crippen molar-refractivity contribution in [2.24, 2.45) is 0 Å². The summed E-state index contributed by atoms with van der Waals surface area (Å²) in [7, 11) is 1.61. The minimum atomic E-state index is -0.101. The number of amides is 2. The SMILES string of the molecule is COc1cccc(CC(=O)N2CCN(C(=O)c3oc(C)cc3C)CC2)c1. The van der Waals surface area contributed by atoms with Crippen molar-refractivity contribution in [3.63, 3.8) is 0 Å². The number of hydrogen-bond donors (Lipinski definition) is 0. The molecule has 1 aromatic carbocycles. The molecule has 3 rings (SSSR count). The number of aryl methyl sites for hydroxylation is 2. The summed E-state index contributed by atoms with van der Waals surface area (Å²) in [4.78, 5) is 28.7. The van der Waals surface area contributed by atoms with Gasteiger partial charge in [0.2, 0.25) is 5.91 Å². The molecule has 1 fully saturated rings. The lowest BCUT2D eigenvalue weighted by Gasteiger charge is -2.34. The number of methoxy groups -OCH3 is 1. The van der Waals surface area contributed by atoms with E-state index < -0.39 is 0 Å². The van der Waals surface area contributed by atoms with Crippen LogP contribution in [0.4, 0.5) is 0 Å². The van der Waals surface area contributed by atoms with E-state index >= 15 is 0 Å². The summed E-state index contributed by atoms with van der Waals surface area (Å²) in [6, 6.07) is 9.39. The highest BCUT2D eigenvalue weighted by molar-refractivity contribution is 5.93. The molecule has 0 aliphatic carbocycles. The number of ether oxygens (including phenoxy) is 1. The van der Waals surface area contributed by atoms with Crippen LogP contribution >= 0.6 is 0 Å². The summed E-state index contributed by atoms with van der Waals surface area (Å²) in [6.07, 6.45) is 0.335. The van der Waals surface area contributed by atoms with Crippen LogP contribution in [0.5, 0.6) is 5.75 Å². The molecule has 0 spiro atoms. The Balaban J connectivity index is 1.56. The van der Waals surface area contributed by atoms with Crippen molar-refractivity contribution in [2.45, 2.75) is 20.3 Å². The predicted molar refractivity (Wildman–Crippen MR) is 97.4 cm³/mol. The second kappa shape index (κ2) is 7.64. The fourth-order valence-electron chi connectivity index (χ4n) is 3.23. The van der Waals surface area contributed by atoms with Gasteiger partial charge in [-0.2, -0.15) is 0 Å². The standard InChI is InChI=1S/C20H24N2O4/c1-14-11-15(2)26-19(14)20(24)22-9-7-21(8-10-22)18(23)13-16-5-4-6-17(12-16)25-3/h4-6,11-12H,7-10,13H2,1-3H3. The molecule has 2 amide bonds. The highest BCUT2D eigenvalue weighted by Crippen LogP contribution is 2.18. The van der Waals surface area contributed by atoms with E-state index in [1.165, 1.54) is 0 Å². The van der Waals surface area contributed by atoms with Gasteiger partial charge in [-0.25, -0.2) is 0 Å². The summed E-state index contributed by atoms with van der Waals surface area (Å²) in [6.45, 7) is 5.81. The third-order valence-corrected chi connectivity index (χ3v) is 4.64. The summed E-state index contributed by atoms with van der Waals surface area (Å²) < 4.78 is 10.7. The van der Waals surface area contributed by atoms with Gasteiger partial charge in [0.1, 0.15) is 11.5 Å². The number of piperazine rings is 1. The van der Waals surface area contributed by atoms with Gasteiger partial charge in [0, 0.05) is 31.7 Å². The molecule has 0 saturated carbocycles. The van der Waals surface area contributed by atoms with Gasteiger partial charge >= 0.3 is 0 Å². The van der Waals surface area contributed by atoms with Crippen molar-refractivity contribution < 1.29 is 18.7 Å². The Morgan fingerprint density at radius 3 is 2.38 bits per heavy atom. The zero-order valence-corrected chi connectivity index (χ0v) is 15.4. The fraction of sp³-hybridized carbons (Fsp3) is 0.400. The smallest absolute Gasteiger partial charge is 0.289 e. The average molecular weight is 356 g/mol. The Hall–Kier alpha value is -2.76. The Kier molecular flexibility index (Phi) is 5.30. The molecular weight excluding hydrogens is 332 g/mol. The molecule has 6 nitrogen and oxygen atoms in total. The maximum Gasteiger partial charge on any atom is 0.289 e. The number of carbonyl (C=O) groups excluding carboxylic acids is 2. The van der Waals surface area contributed by atoms with E-state index in [4.69, 9.17) is 9.15 Å². The van der Waals surface area contributed by atoms with Crippen molar-refractivity contribution in [3.05, 3.63) is 53.0 Å². The van der Waals surface area contributed by atoms with E-state index in [1.807, 2.05) is 49.1 Å². The Labute approximate surface area is 153 Å². The van der Waals surface area contributed by atoms with Gasteiger partial charge in [0.15, 0.2) is 5.76 Å². The molecule has 1 saturated heterocycles. The van der Waals surface area contributed by atoms with E-state index in [-0.39, 0.29) is 11.8 Å². The monoisotopic (exact) mass is 356 g/mol. The average Bonchev–Trinajstić information content (AvgIpc) is 2.99. The number of hydrogen-bond acceptors (Lipinski definition) is 4. The van der Waals surface area contributed by atoms with E-state index in [0.717, 1.165) is 22.6 Å². The third kappa shape index (κ3) is 3.90. The summed E-state index contributed by atoms with van der Waals surface area (Å²) in [5.41, 5.74) is 1.78. The van der Waals surface area contributed by atoms with Crippen molar-refractivity contribution >= 4 is 11.8 Å². The van der Waals surface area contributed by atoms with Crippen LogP contribution in [0.1, 0.15) is 27.4 Å². The van der Waals surface area contributed by atoms with Gasteiger partial charge in [-0.05, 0) is 37.6 Å². The zero-order valence-electron chi connectivity index (χ0n) is 15.4. The van der Waals surface area contributed by atoms with E-state index in [0.29, 0.717) is 38.4 Å². The first-order chi connectivity index (χ1) is 12.5. The highest BCUT2D eigenvalue weighted by atomic mass is 16.5. The lowest BCUT2D eigenvalue weighted by molar-refractivity contribution is -0.131. The van der Waals surface area contributed by atoms with Crippen LogP contribution in [-0.2, 0) is 11.2 Å². The molecule has 138 valence electrons. The molecule has 0 unspecified atom stereocenters. The minimum Gasteiger partial charge on any atom is -0.497 e. The molecule has 0 radical (unpaired) electrons. The van der Waals surface area contributed by atoms with Crippen LogP contribution in [-0.4, -0.2) is 54.9 Å². The largest absolute Gasteiger partial charge is 0.497 e. The van der Waals surface area contributed by atoms with Crippen LogP contribution in [0.2, 0.25) is 0 Å². The van der Waals surface area contributed by atoms with Crippen LogP contribution in [0, 0.1) is 13.8 Å². The fourth-order valence-corrected chi connectivity index (χ4v) is 3.23. The van der Waals surface area contributed by atoms with Crippen molar-refractivity contribution in [3.8, 4) is 5.75 Å². The lowest BCUT2D eigenvalue weighted by atomic mass is 10.1. The number of furan rings is 1. The van der Waals surface area contributed by atoms with Gasteiger partial charge in [-0.3, -0.25) is 9.59 Å². The Bertz CT molecular complexity index is 804. The van der Waals surface area contributed by atoms with E-state index in [9.17, 15) is 9.59 Å². The summed E-state index contributed by atoms with van der Waals surface area (Å²) in [5, 5.41) is 0. The topological polar surface area (TPSA) is 63.0 Å². The lowest BCUT2D eigenvalue weighted by Crippen LogP contribution is -2.51. The quantitative estimate of drug-likeness (QED) is 0.844. The second-order valence-electron chi connectivity index (χ2n) is 6.57. The van der Waals surface area contributed by atoms with Gasteiger partial charge in [-0.15, -0.1) is 0 Å². The van der Waals surface area contributed by atoms with Gasteiger partial charge < -0.3 is 19.0 Å². The minimum absolute atomic E-state index is 0.0652. The van der Waals surface area contributed by atoms with Gasteiger partial charge in [0.25, 0.3) is 5.91 Å². The number of benzene rings is 1. The molecule has 26 heavy (non-hydrogen) atoms. The molecular formula is C20H24N2O4. The van der Waals surface area contributed by atoms with Crippen LogP contribution in [0.3, 0.4) is 0 Å². The van der Waals surface area contributed by atoms with Crippen molar-refractivity contribution in [2.75, 3.05) is 33.3 Å².